The summed E-state index contributed by atoms with van der Waals surface area (Å²) in [4.78, 5) is 12.5. The van der Waals surface area contributed by atoms with Crippen molar-refractivity contribution in [3.05, 3.63) is 75.7 Å². The van der Waals surface area contributed by atoms with Crippen LogP contribution < -0.4 is 20.5 Å². The predicted octanol–water partition coefficient (Wildman–Crippen LogP) is 3.74. The van der Waals surface area contributed by atoms with Gasteiger partial charge in [-0.2, -0.15) is 14.9 Å². The van der Waals surface area contributed by atoms with Gasteiger partial charge in [0.1, 0.15) is 10.7 Å². The third kappa shape index (κ3) is 4.32. The standard InChI is InChI=1S/C20H19ClN4O3/c1-3-28-17-10-9-14(11-18(17)27-2)12-22-24-16-13-23-25(20(26)19(16)21)15-7-5-4-6-8-15/h4-13,24H,3H2,1-2H3/b22-12+. The summed E-state index contributed by atoms with van der Waals surface area (Å²) < 4.78 is 12.0. The molecule has 0 aliphatic carbocycles. The number of aromatic nitrogens is 2. The molecule has 0 aliphatic rings. The normalized spacial score (nSPS) is 10.8. The number of hydrogen-bond acceptors (Lipinski definition) is 6. The summed E-state index contributed by atoms with van der Waals surface area (Å²) in [5.41, 5.74) is 4.04. The second-order valence-corrected chi connectivity index (χ2v) is 6.02. The fourth-order valence-corrected chi connectivity index (χ4v) is 2.65. The quantitative estimate of drug-likeness (QED) is 0.484. The fraction of sp³-hybridized carbons (Fsp3) is 0.150. The summed E-state index contributed by atoms with van der Waals surface area (Å²) in [7, 11) is 1.57. The molecule has 0 radical (unpaired) electrons. The Labute approximate surface area is 167 Å². The molecule has 2 aromatic carbocycles. The molecule has 0 amide bonds. The zero-order valence-electron chi connectivity index (χ0n) is 15.4. The molecule has 8 heteroatoms. The van der Waals surface area contributed by atoms with Crippen LogP contribution in [0, 0.1) is 0 Å². The van der Waals surface area contributed by atoms with Gasteiger partial charge in [0.25, 0.3) is 5.56 Å². The van der Waals surface area contributed by atoms with Crippen molar-refractivity contribution in [2.45, 2.75) is 6.92 Å². The molecule has 7 nitrogen and oxygen atoms in total. The van der Waals surface area contributed by atoms with Gasteiger partial charge in [0.15, 0.2) is 11.5 Å². The number of para-hydroxylation sites is 1. The topological polar surface area (TPSA) is 77.7 Å². The summed E-state index contributed by atoms with van der Waals surface area (Å²) in [6.45, 7) is 2.45. The second kappa shape index (κ2) is 9.05. The lowest BCUT2D eigenvalue weighted by Crippen LogP contribution is -2.22. The van der Waals surface area contributed by atoms with Crippen LogP contribution in [-0.4, -0.2) is 29.7 Å². The Bertz CT molecular complexity index is 1040. The molecule has 0 bridgehead atoms. The Morgan fingerprint density at radius 1 is 1.21 bits per heavy atom. The van der Waals surface area contributed by atoms with E-state index in [1.54, 1.807) is 37.6 Å². The van der Waals surface area contributed by atoms with Gasteiger partial charge >= 0.3 is 0 Å². The van der Waals surface area contributed by atoms with Crippen molar-refractivity contribution in [3.8, 4) is 17.2 Å². The molecule has 1 aromatic heterocycles. The fourth-order valence-electron chi connectivity index (χ4n) is 2.48. The van der Waals surface area contributed by atoms with Crippen LogP contribution in [0.3, 0.4) is 0 Å². The predicted molar refractivity (Wildman–Crippen MR) is 110 cm³/mol. The Hall–Kier alpha value is -3.32. The Kier molecular flexibility index (Phi) is 6.29. The van der Waals surface area contributed by atoms with Gasteiger partial charge in [0, 0.05) is 0 Å². The number of benzene rings is 2. The molecule has 3 aromatic rings. The van der Waals surface area contributed by atoms with Gasteiger partial charge in [-0.05, 0) is 42.8 Å². The molecule has 1 N–H and O–H groups in total. The zero-order valence-corrected chi connectivity index (χ0v) is 16.2. The van der Waals surface area contributed by atoms with E-state index in [-0.39, 0.29) is 5.02 Å². The van der Waals surface area contributed by atoms with Crippen LogP contribution in [-0.2, 0) is 0 Å². The third-order valence-corrected chi connectivity index (χ3v) is 4.17. The number of hydrogen-bond donors (Lipinski definition) is 1. The lowest BCUT2D eigenvalue weighted by Gasteiger charge is -2.09. The first kappa shape index (κ1) is 19.4. The third-order valence-electron chi connectivity index (χ3n) is 3.81. The molecule has 0 atom stereocenters. The molecule has 144 valence electrons. The molecular weight excluding hydrogens is 380 g/mol. The van der Waals surface area contributed by atoms with Crippen molar-refractivity contribution in [2.75, 3.05) is 19.1 Å². The van der Waals surface area contributed by atoms with Crippen molar-refractivity contribution >= 4 is 23.5 Å². The number of nitrogens with zero attached hydrogens (tertiary/aromatic N) is 3. The highest BCUT2D eigenvalue weighted by atomic mass is 35.5. The van der Waals surface area contributed by atoms with Gasteiger partial charge in [-0.3, -0.25) is 10.2 Å². The van der Waals surface area contributed by atoms with E-state index in [2.05, 4.69) is 15.6 Å². The number of anilines is 1. The Balaban J connectivity index is 1.78. The largest absolute Gasteiger partial charge is 0.493 e. The molecule has 0 unspecified atom stereocenters. The lowest BCUT2D eigenvalue weighted by atomic mass is 10.2. The first-order chi connectivity index (χ1) is 13.6. The Morgan fingerprint density at radius 3 is 2.71 bits per heavy atom. The molecular formula is C20H19ClN4O3. The van der Waals surface area contributed by atoms with E-state index in [0.29, 0.717) is 29.5 Å². The van der Waals surface area contributed by atoms with Crippen molar-refractivity contribution in [2.24, 2.45) is 5.10 Å². The first-order valence-corrected chi connectivity index (χ1v) is 8.95. The number of hydrazone groups is 1. The molecule has 3 rings (SSSR count). The number of methoxy groups -OCH3 is 1. The van der Waals surface area contributed by atoms with Crippen LogP contribution in [0.1, 0.15) is 12.5 Å². The highest BCUT2D eigenvalue weighted by Crippen LogP contribution is 2.27. The average molecular weight is 399 g/mol. The molecule has 0 spiro atoms. The number of ether oxygens (including phenoxy) is 2. The van der Waals surface area contributed by atoms with Crippen molar-refractivity contribution < 1.29 is 9.47 Å². The highest BCUT2D eigenvalue weighted by molar-refractivity contribution is 6.32. The van der Waals surface area contributed by atoms with Crippen LogP contribution >= 0.6 is 11.6 Å². The summed E-state index contributed by atoms with van der Waals surface area (Å²) in [6.07, 6.45) is 3.03. The van der Waals surface area contributed by atoms with Crippen LogP contribution in [0.25, 0.3) is 5.69 Å². The molecule has 28 heavy (non-hydrogen) atoms. The SMILES string of the molecule is CCOc1ccc(/C=N/Nc2cnn(-c3ccccc3)c(=O)c2Cl)cc1OC. The molecule has 0 aliphatic heterocycles. The minimum Gasteiger partial charge on any atom is -0.493 e. The van der Waals surface area contributed by atoms with Gasteiger partial charge in [0.2, 0.25) is 0 Å². The first-order valence-electron chi connectivity index (χ1n) is 8.57. The average Bonchev–Trinajstić information content (AvgIpc) is 2.73. The summed E-state index contributed by atoms with van der Waals surface area (Å²) >= 11 is 6.19. The number of nitrogens with one attached hydrogen (secondary N) is 1. The van der Waals surface area contributed by atoms with E-state index in [0.717, 1.165) is 5.56 Å². The number of rotatable bonds is 7. The number of halogens is 1. The van der Waals surface area contributed by atoms with Gasteiger partial charge in [0.05, 0.1) is 31.8 Å². The van der Waals surface area contributed by atoms with E-state index < -0.39 is 5.56 Å². The highest BCUT2D eigenvalue weighted by Gasteiger charge is 2.10. The second-order valence-electron chi connectivity index (χ2n) is 5.64. The molecule has 1 heterocycles. The molecule has 0 saturated heterocycles. The summed E-state index contributed by atoms with van der Waals surface area (Å²) in [5.74, 6) is 1.27. The van der Waals surface area contributed by atoms with E-state index in [4.69, 9.17) is 21.1 Å². The van der Waals surface area contributed by atoms with Crippen LogP contribution in [0.4, 0.5) is 5.69 Å². The smallest absolute Gasteiger partial charge is 0.292 e. The maximum Gasteiger partial charge on any atom is 0.292 e. The van der Waals surface area contributed by atoms with Crippen molar-refractivity contribution in [3.63, 3.8) is 0 Å². The minimum absolute atomic E-state index is 0.000257. The van der Waals surface area contributed by atoms with E-state index in [9.17, 15) is 4.79 Å². The van der Waals surface area contributed by atoms with E-state index in [1.165, 1.54) is 10.9 Å². The van der Waals surface area contributed by atoms with E-state index >= 15 is 0 Å². The Morgan fingerprint density at radius 2 is 2.00 bits per heavy atom. The van der Waals surface area contributed by atoms with Crippen LogP contribution in [0.2, 0.25) is 5.02 Å². The summed E-state index contributed by atoms with van der Waals surface area (Å²) in [5, 5.41) is 8.26. The molecule has 0 fully saturated rings. The maximum atomic E-state index is 12.5. The van der Waals surface area contributed by atoms with Crippen molar-refractivity contribution in [1.29, 1.82) is 0 Å². The van der Waals surface area contributed by atoms with Gasteiger partial charge in [-0.1, -0.05) is 29.8 Å². The maximum absolute atomic E-state index is 12.5. The van der Waals surface area contributed by atoms with Crippen LogP contribution in [0.15, 0.2) is 64.6 Å². The van der Waals surface area contributed by atoms with E-state index in [1.807, 2.05) is 31.2 Å². The van der Waals surface area contributed by atoms with Gasteiger partial charge < -0.3 is 9.47 Å². The minimum atomic E-state index is -0.434. The van der Waals surface area contributed by atoms with Crippen LogP contribution in [0.5, 0.6) is 11.5 Å². The summed E-state index contributed by atoms with van der Waals surface area (Å²) in [6, 6.07) is 14.5. The lowest BCUT2D eigenvalue weighted by molar-refractivity contribution is 0.311. The van der Waals surface area contributed by atoms with Crippen molar-refractivity contribution in [1.82, 2.24) is 9.78 Å². The zero-order chi connectivity index (χ0) is 19.9. The monoisotopic (exact) mass is 398 g/mol. The van der Waals surface area contributed by atoms with Gasteiger partial charge in [-0.15, -0.1) is 0 Å². The molecule has 0 saturated carbocycles. The van der Waals surface area contributed by atoms with Gasteiger partial charge in [-0.25, -0.2) is 0 Å².